The van der Waals surface area contributed by atoms with Crippen molar-refractivity contribution < 1.29 is 27.9 Å². The third-order valence-corrected chi connectivity index (χ3v) is 8.73. The Hall–Kier alpha value is -3.47. The molecule has 0 aliphatic carbocycles. The normalized spacial score (nSPS) is 11.9. The fourth-order valence-electron chi connectivity index (χ4n) is 4.34. The molecular formula is C32H39Cl2N3O6S. The molecule has 2 amide bonds. The Morgan fingerprint density at radius 1 is 0.864 bits per heavy atom. The van der Waals surface area contributed by atoms with Gasteiger partial charge in [0, 0.05) is 6.07 Å². The van der Waals surface area contributed by atoms with Crippen LogP contribution in [0.15, 0.2) is 54.6 Å². The van der Waals surface area contributed by atoms with E-state index in [4.69, 9.17) is 27.9 Å². The van der Waals surface area contributed by atoms with Crippen molar-refractivity contribution in [2.24, 2.45) is 0 Å². The second-order valence-corrected chi connectivity index (χ2v) is 13.2. The maximum absolute atomic E-state index is 13.3. The van der Waals surface area contributed by atoms with Gasteiger partial charge in [0.1, 0.15) is 11.5 Å². The third kappa shape index (κ3) is 10.3. The van der Waals surface area contributed by atoms with Crippen LogP contribution in [0.5, 0.6) is 11.5 Å². The van der Waals surface area contributed by atoms with E-state index in [-0.39, 0.29) is 39.2 Å². The number of phenolic OH excluding ortho intramolecular Hbond substituents is 1. The van der Waals surface area contributed by atoms with Crippen LogP contribution in [0.1, 0.15) is 74.7 Å². The third-order valence-electron chi connectivity index (χ3n) is 6.76. The number of amides is 2. The number of aryl methyl sites for hydroxylation is 1. The van der Waals surface area contributed by atoms with E-state index in [1.807, 2.05) is 19.9 Å². The van der Waals surface area contributed by atoms with Gasteiger partial charge >= 0.3 is 0 Å². The van der Waals surface area contributed by atoms with Gasteiger partial charge in [0.2, 0.25) is 10.0 Å². The first-order valence-corrected chi connectivity index (χ1v) is 17.0. The second kappa shape index (κ2) is 16.6. The summed E-state index contributed by atoms with van der Waals surface area (Å²) in [6.45, 7) is 5.88. The molecule has 0 saturated carbocycles. The number of hydrogen-bond donors (Lipinski definition) is 4. The first-order valence-electron chi connectivity index (χ1n) is 14.6. The smallest absolute Gasteiger partial charge is 0.265 e. The van der Waals surface area contributed by atoms with Crippen molar-refractivity contribution >= 4 is 62.1 Å². The molecule has 0 saturated heterocycles. The van der Waals surface area contributed by atoms with Crippen molar-refractivity contribution in [3.05, 3.63) is 75.8 Å². The Bertz CT molecular complexity index is 1570. The fourth-order valence-corrected chi connectivity index (χ4v) is 6.11. The van der Waals surface area contributed by atoms with Crippen LogP contribution >= 0.6 is 23.2 Å². The molecule has 4 N–H and O–H groups in total. The molecule has 0 aliphatic heterocycles. The number of nitrogens with one attached hydrogen (secondary N) is 3. The first-order chi connectivity index (χ1) is 20.9. The summed E-state index contributed by atoms with van der Waals surface area (Å²) in [5, 5.41) is 16.5. The maximum atomic E-state index is 13.3. The van der Waals surface area contributed by atoms with E-state index in [1.165, 1.54) is 24.3 Å². The maximum Gasteiger partial charge on any atom is 0.265 e. The Morgan fingerprint density at radius 2 is 1.59 bits per heavy atom. The minimum absolute atomic E-state index is 0.0274. The highest BCUT2D eigenvalue weighted by Crippen LogP contribution is 2.35. The number of benzene rings is 3. The van der Waals surface area contributed by atoms with Crippen molar-refractivity contribution in [2.45, 2.75) is 71.8 Å². The highest BCUT2D eigenvalue weighted by Gasteiger charge is 2.24. The average molecular weight is 665 g/mol. The van der Waals surface area contributed by atoms with E-state index < -0.39 is 27.9 Å². The summed E-state index contributed by atoms with van der Waals surface area (Å²) >= 11 is 12.8. The van der Waals surface area contributed by atoms with E-state index in [2.05, 4.69) is 22.3 Å². The molecular weight excluding hydrogens is 625 g/mol. The first kappa shape index (κ1) is 35.0. The summed E-state index contributed by atoms with van der Waals surface area (Å²) in [5.41, 5.74) is 1.21. The number of aromatic hydroxyl groups is 1. The number of hydrogen-bond acceptors (Lipinski definition) is 6. The molecule has 0 aromatic heterocycles. The van der Waals surface area contributed by atoms with Gasteiger partial charge < -0.3 is 20.5 Å². The topological polar surface area (TPSA) is 134 Å². The number of carbonyl (C=O) groups is 2. The lowest BCUT2D eigenvalue weighted by atomic mass is 10.1. The van der Waals surface area contributed by atoms with Crippen LogP contribution < -0.4 is 20.1 Å². The van der Waals surface area contributed by atoms with Crippen LogP contribution in [0.3, 0.4) is 0 Å². The van der Waals surface area contributed by atoms with E-state index in [0.717, 1.165) is 31.2 Å². The average Bonchev–Trinajstić information content (AvgIpc) is 2.97. The summed E-state index contributed by atoms with van der Waals surface area (Å²) in [6.07, 6.45) is 4.51. The molecule has 9 nitrogen and oxygen atoms in total. The van der Waals surface area contributed by atoms with Crippen LogP contribution in [-0.4, -0.2) is 37.2 Å². The SMILES string of the molecule is CCCCCCC(Oc1ccc(C)cc1Cl)C(=O)Nc1cc(O)c(NC(=O)c2ccccc2NS(=O)(=O)CCCC)cc1Cl. The monoisotopic (exact) mass is 663 g/mol. The lowest BCUT2D eigenvalue weighted by Gasteiger charge is -2.20. The van der Waals surface area contributed by atoms with Crippen LogP contribution in [0, 0.1) is 6.92 Å². The zero-order chi connectivity index (χ0) is 32.3. The van der Waals surface area contributed by atoms with Crippen LogP contribution in [-0.2, 0) is 14.8 Å². The van der Waals surface area contributed by atoms with Crippen molar-refractivity contribution in [3.63, 3.8) is 0 Å². The van der Waals surface area contributed by atoms with E-state index >= 15 is 0 Å². The Kier molecular flexibility index (Phi) is 13.2. The zero-order valence-electron chi connectivity index (χ0n) is 25.1. The van der Waals surface area contributed by atoms with Crippen molar-refractivity contribution in [1.82, 2.24) is 0 Å². The molecule has 0 aliphatic rings. The van der Waals surface area contributed by atoms with E-state index in [0.29, 0.717) is 30.0 Å². The van der Waals surface area contributed by atoms with Crippen LogP contribution in [0.4, 0.5) is 17.1 Å². The van der Waals surface area contributed by atoms with Gasteiger partial charge in [-0.15, -0.1) is 0 Å². The zero-order valence-corrected chi connectivity index (χ0v) is 27.4. The molecule has 3 aromatic rings. The molecule has 1 unspecified atom stereocenters. The number of para-hydroxylation sites is 1. The minimum atomic E-state index is -3.66. The molecule has 44 heavy (non-hydrogen) atoms. The molecule has 1 atom stereocenters. The van der Waals surface area contributed by atoms with Crippen LogP contribution in [0.2, 0.25) is 10.0 Å². The molecule has 3 aromatic carbocycles. The summed E-state index contributed by atoms with van der Waals surface area (Å²) < 4.78 is 33.3. The van der Waals surface area contributed by atoms with Gasteiger partial charge in [0.15, 0.2) is 6.10 Å². The molecule has 0 heterocycles. The fraction of sp³-hybridized carbons (Fsp3) is 0.375. The highest BCUT2D eigenvalue weighted by molar-refractivity contribution is 7.92. The summed E-state index contributed by atoms with van der Waals surface area (Å²) in [5.74, 6) is -1.20. The summed E-state index contributed by atoms with van der Waals surface area (Å²) in [7, 11) is -3.66. The molecule has 3 rings (SSSR count). The minimum Gasteiger partial charge on any atom is -0.506 e. The second-order valence-electron chi connectivity index (χ2n) is 10.5. The van der Waals surface area contributed by atoms with Crippen LogP contribution in [0.25, 0.3) is 0 Å². The lowest BCUT2D eigenvalue weighted by Crippen LogP contribution is -2.33. The quantitative estimate of drug-likeness (QED) is 0.0902. The molecule has 0 radical (unpaired) electrons. The number of ether oxygens (including phenoxy) is 1. The Balaban J connectivity index is 1.77. The van der Waals surface area contributed by atoms with Gasteiger partial charge in [-0.1, -0.05) is 80.9 Å². The number of anilines is 3. The van der Waals surface area contributed by atoms with Gasteiger partial charge in [-0.2, -0.15) is 0 Å². The Morgan fingerprint density at radius 3 is 2.30 bits per heavy atom. The predicted molar refractivity (Wildman–Crippen MR) is 178 cm³/mol. The molecule has 0 spiro atoms. The van der Waals surface area contributed by atoms with Gasteiger partial charge in [-0.3, -0.25) is 14.3 Å². The van der Waals surface area contributed by atoms with E-state index in [1.54, 1.807) is 24.3 Å². The number of sulfonamides is 1. The molecule has 0 bridgehead atoms. The largest absolute Gasteiger partial charge is 0.506 e. The van der Waals surface area contributed by atoms with Crippen molar-refractivity contribution in [1.29, 1.82) is 0 Å². The van der Waals surface area contributed by atoms with Gasteiger partial charge in [-0.05, 0) is 62.1 Å². The number of halogens is 2. The van der Waals surface area contributed by atoms with Crippen molar-refractivity contribution in [3.8, 4) is 11.5 Å². The number of rotatable bonds is 16. The highest BCUT2D eigenvalue weighted by atomic mass is 35.5. The summed E-state index contributed by atoms with van der Waals surface area (Å²) in [6, 6.07) is 14.0. The van der Waals surface area contributed by atoms with Gasteiger partial charge in [0.25, 0.3) is 11.8 Å². The predicted octanol–water partition coefficient (Wildman–Crippen LogP) is 8.16. The molecule has 12 heteroatoms. The standard InChI is InChI=1S/C32H39Cl2N3O6S/c1-4-6-8-9-14-30(43-29-16-15-21(3)18-24(29)34)32(40)35-26-20-28(38)27(19-23(26)33)36-31(39)22-12-10-11-13-25(22)37-44(41,42)17-7-5-2/h10-13,15-16,18-20,30,37-38H,4-9,14,17H2,1-3H3,(H,35,40)(H,36,39). The Labute approximate surface area is 269 Å². The van der Waals surface area contributed by atoms with Crippen molar-refractivity contribution in [2.75, 3.05) is 21.1 Å². The summed E-state index contributed by atoms with van der Waals surface area (Å²) in [4.78, 5) is 26.5. The molecule has 238 valence electrons. The lowest BCUT2D eigenvalue weighted by molar-refractivity contribution is -0.123. The van der Waals surface area contributed by atoms with E-state index in [9.17, 15) is 23.1 Å². The van der Waals surface area contributed by atoms with Gasteiger partial charge in [-0.25, -0.2) is 8.42 Å². The van der Waals surface area contributed by atoms with Gasteiger partial charge in [0.05, 0.1) is 38.4 Å². The number of unbranched alkanes of at least 4 members (excludes halogenated alkanes) is 4. The number of phenols is 1. The molecule has 0 fully saturated rings. The number of carbonyl (C=O) groups excluding carboxylic acids is 2.